The Balaban J connectivity index is 1.59. The molecule has 1 aliphatic heterocycles. The van der Waals surface area contributed by atoms with E-state index in [1.54, 1.807) is 6.07 Å². The van der Waals surface area contributed by atoms with Crippen LogP contribution in [0.3, 0.4) is 0 Å². The molecule has 0 aromatic heterocycles. The van der Waals surface area contributed by atoms with Crippen LogP contribution in [-0.2, 0) is 6.54 Å². The SMILES string of the molecule is OCCC1CN(CC#Cc2ccccc2)CCN1Cc1ccc(F)c(F)c1. The molecular formula is C22H24F2N2O. The maximum absolute atomic E-state index is 13.5. The lowest BCUT2D eigenvalue weighted by Crippen LogP contribution is -2.52. The summed E-state index contributed by atoms with van der Waals surface area (Å²) in [5, 5.41) is 9.41. The van der Waals surface area contributed by atoms with E-state index >= 15 is 0 Å². The van der Waals surface area contributed by atoms with Crippen LogP contribution < -0.4 is 0 Å². The number of benzene rings is 2. The Morgan fingerprint density at radius 1 is 1.04 bits per heavy atom. The molecule has 3 nitrogen and oxygen atoms in total. The third kappa shape index (κ3) is 5.61. The van der Waals surface area contributed by atoms with E-state index in [-0.39, 0.29) is 12.6 Å². The van der Waals surface area contributed by atoms with Gasteiger partial charge in [0.05, 0.1) is 6.54 Å². The molecule has 2 aromatic carbocycles. The normalized spacial score (nSPS) is 18.1. The topological polar surface area (TPSA) is 26.7 Å². The van der Waals surface area contributed by atoms with Crippen molar-refractivity contribution in [1.29, 1.82) is 0 Å². The van der Waals surface area contributed by atoms with Crippen LogP contribution in [0.4, 0.5) is 8.78 Å². The molecule has 2 aromatic rings. The van der Waals surface area contributed by atoms with Gasteiger partial charge in [-0.2, -0.15) is 0 Å². The van der Waals surface area contributed by atoms with Crippen molar-refractivity contribution >= 4 is 0 Å². The molecule has 1 atom stereocenters. The minimum Gasteiger partial charge on any atom is -0.396 e. The van der Waals surface area contributed by atoms with E-state index in [0.29, 0.717) is 19.5 Å². The fraction of sp³-hybridized carbons (Fsp3) is 0.364. The molecule has 27 heavy (non-hydrogen) atoms. The molecule has 0 radical (unpaired) electrons. The molecule has 3 rings (SSSR count). The number of hydrogen-bond donors (Lipinski definition) is 1. The van der Waals surface area contributed by atoms with Gasteiger partial charge < -0.3 is 5.11 Å². The molecule has 0 amide bonds. The molecule has 1 saturated heterocycles. The Bertz CT molecular complexity index is 801. The van der Waals surface area contributed by atoms with E-state index in [1.807, 2.05) is 30.3 Å². The quantitative estimate of drug-likeness (QED) is 0.820. The summed E-state index contributed by atoms with van der Waals surface area (Å²) >= 11 is 0. The van der Waals surface area contributed by atoms with E-state index in [0.717, 1.165) is 30.8 Å². The fourth-order valence-electron chi connectivity index (χ4n) is 3.38. The smallest absolute Gasteiger partial charge is 0.159 e. The van der Waals surface area contributed by atoms with E-state index in [1.165, 1.54) is 12.1 Å². The number of nitrogens with zero attached hydrogens (tertiary/aromatic N) is 2. The standard InChI is InChI=1S/C22H24F2N2O/c23-21-9-8-19(15-22(21)24)16-26-13-12-25(17-20(26)10-14-27)11-4-7-18-5-2-1-3-6-18/h1-3,5-6,8-9,15,20,27H,10-14,16-17H2. The van der Waals surface area contributed by atoms with Crippen LogP contribution in [0.15, 0.2) is 48.5 Å². The van der Waals surface area contributed by atoms with Crippen molar-refractivity contribution in [2.24, 2.45) is 0 Å². The van der Waals surface area contributed by atoms with Gasteiger partial charge in [-0.15, -0.1) is 0 Å². The van der Waals surface area contributed by atoms with Crippen LogP contribution >= 0.6 is 0 Å². The maximum atomic E-state index is 13.5. The van der Waals surface area contributed by atoms with Gasteiger partial charge in [0.15, 0.2) is 11.6 Å². The second-order valence-corrected chi connectivity index (χ2v) is 6.79. The van der Waals surface area contributed by atoms with Crippen molar-refractivity contribution in [3.8, 4) is 11.8 Å². The lowest BCUT2D eigenvalue weighted by Gasteiger charge is -2.40. The molecular weight excluding hydrogens is 346 g/mol. The fourth-order valence-corrected chi connectivity index (χ4v) is 3.38. The third-order valence-electron chi connectivity index (χ3n) is 4.83. The highest BCUT2D eigenvalue weighted by molar-refractivity contribution is 5.33. The number of aliphatic hydroxyl groups is 1. The highest BCUT2D eigenvalue weighted by Crippen LogP contribution is 2.18. The van der Waals surface area contributed by atoms with Crippen LogP contribution in [0.25, 0.3) is 0 Å². The molecule has 1 N–H and O–H groups in total. The Morgan fingerprint density at radius 3 is 2.59 bits per heavy atom. The molecule has 0 saturated carbocycles. The van der Waals surface area contributed by atoms with Crippen LogP contribution in [0.5, 0.6) is 0 Å². The van der Waals surface area contributed by atoms with Crippen LogP contribution in [-0.4, -0.2) is 53.7 Å². The molecule has 0 spiro atoms. The number of piperazine rings is 1. The summed E-state index contributed by atoms with van der Waals surface area (Å²) in [4.78, 5) is 4.50. The van der Waals surface area contributed by atoms with E-state index < -0.39 is 11.6 Å². The molecule has 1 unspecified atom stereocenters. The molecule has 142 valence electrons. The van der Waals surface area contributed by atoms with Crippen molar-refractivity contribution < 1.29 is 13.9 Å². The second kappa shape index (κ2) is 9.61. The lowest BCUT2D eigenvalue weighted by molar-refractivity contribution is 0.0605. The first-order chi connectivity index (χ1) is 13.2. The Morgan fingerprint density at radius 2 is 1.85 bits per heavy atom. The number of halogens is 2. The highest BCUT2D eigenvalue weighted by atomic mass is 19.2. The van der Waals surface area contributed by atoms with Gasteiger partial charge in [0, 0.05) is 44.4 Å². The van der Waals surface area contributed by atoms with Crippen molar-refractivity contribution in [2.75, 3.05) is 32.8 Å². The summed E-state index contributed by atoms with van der Waals surface area (Å²) in [7, 11) is 0. The molecule has 0 bridgehead atoms. The minimum atomic E-state index is -0.826. The van der Waals surface area contributed by atoms with Gasteiger partial charge in [0.2, 0.25) is 0 Å². The zero-order valence-electron chi connectivity index (χ0n) is 15.2. The first-order valence-electron chi connectivity index (χ1n) is 9.21. The monoisotopic (exact) mass is 370 g/mol. The number of rotatable bonds is 5. The summed E-state index contributed by atoms with van der Waals surface area (Å²) in [6.45, 7) is 3.78. The van der Waals surface area contributed by atoms with Crippen LogP contribution in [0.2, 0.25) is 0 Å². The summed E-state index contributed by atoms with van der Waals surface area (Å²) in [6, 6.07) is 14.1. The zero-order valence-corrected chi connectivity index (χ0v) is 15.2. The summed E-state index contributed by atoms with van der Waals surface area (Å²) in [6.07, 6.45) is 0.645. The predicted molar refractivity (Wildman–Crippen MR) is 102 cm³/mol. The highest BCUT2D eigenvalue weighted by Gasteiger charge is 2.26. The average molecular weight is 370 g/mol. The zero-order chi connectivity index (χ0) is 19.1. The van der Waals surface area contributed by atoms with E-state index in [4.69, 9.17) is 0 Å². The van der Waals surface area contributed by atoms with E-state index in [9.17, 15) is 13.9 Å². The first kappa shape index (κ1) is 19.5. The van der Waals surface area contributed by atoms with Crippen LogP contribution in [0.1, 0.15) is 17.5 Å². The van der Waals surface area contributed by atoms with Gasteiger partial charge in [-0.25, -0.2) is 8.78 Å². The van der Waals surface area contributed by atoms with E-state index in [2.05, 4.69) is 21.6 Å². The van der Waals surface area contributed by atoms with Crippen molar-refractivity contribution in [3.63, 3.8) is 0 Å². The summed E-state index contributed by atoms with van der Waals surface area (Å²) < 4.78 is 26.6. The van der Waals surface area contributed by atoms with Crippen molar-refractivity contribution in [2.45, 2.75) is 19.0 Å². The molecule has 0 aliphatic carbocycles. The Hall–Kier alpha value is -2.26. The van der Waals surface area contributed by atoms with Gasteiger partial charge in [0.1, 0.15) is 0 Å². The predicted octanol–water partition coefficient (Wildman–Crippen LogP) is 2.89. The number of aliphatic hydroxyl groups excluding tert-OH is 1. The third-order valence-corrected chi connectivity index (χ3v) is 4.83. The number of hydrogen-bond acceptors (Lipinski definition) is 3. The Labute approximate surface area is 159 Å². The molecule has 1 heterocycles. The summed E-state index contributed by atoms with van der Waals surface area (Å²) in [5.74, 6) is 4.74. The largest absolute Gasteiger partial charge is 0.396 e. The minimum absolute atomic E-state index is 0.0997. The average Bonchev–Trinajstić information content (AvgIpc) is 2.68. The van der Waals surface area contributed by atoms with Crippen LogP contribution in [0, 0.1) is 23.5 Å². The maximum Gasteiger partial charge on any atom is 0.159 e. The summed E-state index contributed by atoms with van der Waals surface area (Å²) in [5.41, 5.74) is 1.75. The second-order valence-electron chi connectivity index (χ2n) is 6.79. The molecule has 1 fully saturated rings. The van der Waals surface area contributed by atoms with Gasteiger partial charge >= 0.3 is 0 Å². The first-order valence-corrected chi connectivity index (χ1v) is 9.21. The Kier molecular flexibility index (Phi) is 6.94. The lowest BCUT2D eigenvalue weighted by atomic mass is 10.1. The van der Waals surface area contributed by atoms with Gasteiger partial charge in [-0.05, 0) is 36.2 Å². The molecule has 5 heteroatoms. The van der Waals surface area contributed by atoms with Gasteiger partial charge in [-0.3, -0.25) is 9.80 Å². The van der Waals surface area contributed by atoms with Crippen molar-refractivity contribution in [1.82, 2.24) is 9.80 Å². The van der Waals surface area contributed by atoms with Crippen molar-refractivity contribution in [3.05, 3.63) is 71.3 Å². The van der Waals surface area contributed by atoms with Gasteiger partial charge in [0.25, 0.3) is 0 Å². The van der Waals surface area contributed by atoms with Gasteiger partial charge in [-0.1, -0.05) is 36.1 Å². The molecule has 1 aliphatic rings.